The van der Waals surface area contributed by atoms with Gasteiger partial charge in [0.2, 0.25) is 0 Å². The molecule has 1 aromatic heterocycles. The third-order valence-corrected chi connectivity index (χ3v) is 4.59. The minimum absolute atomic E-state index is 0.140. The summed E-state index contributed by atoms with van der Waals surface area (Å²) in [5, 5.41) is 0. The van der Waals surface area contributed by atoms with Gasteiger partial charge in [-0.2, -0.15) is 0 Å². The van der Waals surface area contributed by atoms with Crippen molar-refractivity contribution in [2.75, 3.05) is 24.5 Å². The van der Waals surface area contributed by atoms with Crippen LogP contribution in [-0.4, -0.2) is 41.3 Å². The highest BCUT2D eigenvalue weighted by Gasteiger charge is 2.25. The van der Waals surface area contributed by atoms with Crippen LogP contribution < -0.4 is 4.90 Å². The minimum Gasteiger partial charge on any atom is -0.338 e. The molecule has 1 aliphatic rings. The molecule has 0 radical (unpaired) electrons. The second-order valence-corrected chi connectivity index (χ2v) is 6.07. The number of carbonyl (C=O) groups is 2. The van der Waals surface area contributed by atoms with Gasteiger partial charge >= 0.3 is 0 Å². The Balaban J connectivity index is 1.89. The van der Waals surface area contributed by atoms with Crippen LogP contribution in [-0.2, 0) is 6.42 Å². The fraction of sp³-hybridized carbons (Fsp3) is 0.350. The molecular weight excluding hydrogens is 314 g/mol. The van der Waals surface area contributed by atoms with Gasteiger partial charge in [0.05, 0.1) is 0 Å². The van der Waals surface area contributed by atoms with Crippen LogP contribution in [0.3, 0.4) is 0 Å². The van der Waals surface area contributed by atoms with Gasteiger partial charge in [-0.15, -0.1) is 0 Å². The lowest BCUT2D eigenvalue weighted by atomic mass is 10.0. The first-order valence-corrected chi connectivity index (χ1v) is 8.81. The van der Waals surface area contributed by atoms with Crippen molar-refractivity contribution < 1.29 is 9.59 Å². The molecule has 0 N–H and O–H groups in total. The Hall–Kier alpha value is -2.69. The fourth-order valence-corrected chi connectivity index (χ4v) is 3.23. The van der Waals surface area contributed by atoms with Crippen LogP contribution in [0.25, 0.3) is 0 Å². The number of nitrogens with zero attached hydrogens (tertiary/aromatic N) is 3. The van der Waals surface area contributed by atoms with Crippen molar-refractivity contribution in [3.8, 4) is 0 Å². The van der Waals surface area contributed by atoms with Crippen LogP contribution >= 0.6 is 0 Å². The van der Waals surface area contributed by atoms with E-state index in [-0.39, 0.29) is 11.8 Å². The number of amides is 2. The molecule has 0 spiro atoms. The lowest BCUT2D eigenvalue weighted by Crippen LogP contribution is -2.36. The van der Waals surface area contributed by atoms with Gasteiger partial charge in [-0.1, -0.05) is 24.3 Å². The van der Waals surface area contributed by atoms with Gasteiger partial charge in [0.1, 0.15) is 11.4 Å². The predicted octanol–water partition coefficient (Wildman–Crippen LogP) is 3.16. The van der Waals surface area contributed by atoms with Crippen molar-refractivity contribution in [1.29, 1.82) is 0 Å². The van der Waals surface area contributed by atoms with Gasteiger partial charge < -0.3 is 9.80 Å². The topological polar surface area (TPSA) is 53.5 Å². The zero-order valence-corrected chi connectivity index (χ0v) is 14.7. The summed E-state index contributed by atoms with van der Waals surface area (Å²) in [7, 11) is 0. The molecule has 1 aliphatic heterocycles. The number of para-hydroxylation sites is 1. The van der Waals surface area contributed by atoms with E-state index in [1.807, 2.05) is 32.0 Å². The number of pyridine rings is 1. The highest BCUT2D eigenvalue weighted by molar-refractivity contribution is 6.06. The largest absolute Gasteiger partial charge is 0.338 e. The highest BCUT2D eigenvalue weighted by atomic mass is 16.2. The van der Waals surface area contributed by atoms with Crippen LogP contribution in [0.4, 0.5) is 5.69 Å². The van der Waals surface area contributed by atoms with Gasteiger partial charge in [-0.25, -0.2) is 4.98 Å². The van der Waals surface area contributed by atoms with E-state index in [9.17, 15) is 9.59 Å². The average molecular weight is 337 g/mol. The SMILES string of the molecule is CCN(CC)C(=O)c1cccc(C(=O)N2CCCc3ccccc32)n1. The third kappa shape index (κ3) is 3.40. The first kappa shape index (κ1) is 17.1. The van der Waals surface area contributed by atoms with Gasteiger partial charge in [0.15, 0.2) is 0 Å². The molecule has 5 heteroatoms. The van der Waals surface area contributed by atoms with Crippen LogP contribution in [0.2, 0.25) is 0 Å². The average Bonchev–Trinajstić information content (AvgIpc) is 2.68. The first-order valence-electron chi connectivity index (χ1n) is 8.81. The van der Waals surface area contributed by atoms with E-state index in [0.717, 1.165) is 18.5 Å². The summed E-state index contributed by atoms with van der Waals surface area (Å²) >= 11 is 0. The standard InChI is InChI=1S/C20H23N3O2/c1-3-22(4-2)19(24)16-11-7-12-17(21-16)20(25)23-14-8-10-15-9-5-6-13-18(15)23/h5-7,9,11-13H,3-4,8,10,14H2,1-2H3. The van der Waals surface area contributed by atoms with E-state index < -0.39 is 0 Å². The molecule has 0 aliphatic carbocycles. The van der Waals surface area contributed by atoms with Crippen molar-refractivity contribution in [2.45, 2.75) is 26.7 Å². The van der Waals surface area contributed by atoms with Crippen molar-refractivity contribution in [2.24, 2.45) is 0 Å². The first-order chi connectivity index (χ1) is 12.2. The Morgan fingerprint density at radius 2 is 1.76 bits per heavy atom. The Morgan fingerprint density at radius 1 is 1.04 bits per heavy atom. The van der Waals surface area contributed by atoms with Crippen LogP contribution in [0.5, 0.6) is 0 Å². The van der Waals surface area contributed by atoms with Gasteiger partial charge in [0.25, 0.3) is 11.8 Å². The second-order valence-electron chi connectivity index (χ2n) is 6.07. The quantitative estimate of drug-likeness (QED) is 0.861. The van der Waals surface area contributed by atoms with Crippen LogP contribution in [0.15, 0.2) is 42.5 Å². The molecule has 3 rings (SSSR count). The van der Waals surface area contributed by atoms with E-state index in [2.05, 4.69) is 11.1 Å². The summed E-state index contributed by atoms with van der Waals surface area (Å²) in [5.41, 5.74) is 2.76. The summed E-state index contributed by atoms with van der Waals surface area (Å²) in [6, 6.07) is 13.0. The van der Waals surface area contributed by atoms with Crippen molar-refractivity contribution in [3.05, 3.63) is 59.4 Å². The third-order valence-electron chi connectivity index (χ3n) is 4.59. The highest BCUT2D eigenvalue weighted by Crippen LogP contribution is 2.27. The Labute approximate surface area is 148 Å². The lowest BCUT2D eigenvalue weighted by molar-refractivity contribution is 0.0767. The van der Waals surface area contributed by atoms with Crippen molar-refractivity contribution in [1.82, 2.24) is 9.88 Å². The molecule has 25 heavy (non-hydrogen) atoms. The van der Waals surface area contributed by atoms with Crippen molar-refractivity contribution in [3.63, 3.8) is 0 Å². The molecule has 0 saturated carbocycles. The summed E-state index contributed by atoms with van der Waals surface area (Å²) in [5.74, 6) is -0.292. The number of aromatic nitrogens is 1. The van der Waals surface area contributed by atoms with E-state index in [0.29, 0.717) is 31.0 Å². The number of anilines is 1. The zero-order chi connectivity index (χ0) is 17.8. The number of fused-ring (bicyclic) bond motifs is 1. The molecule has 0 saturated heterocycles. The molecular formula is C20H23N3O2. The molecule has 2 heterocycles. The van der Waals surface area contributed by atoms with Gasteiger partial charge in [-0.05, 0) is 50.5 Å². The zero-order valence-electron chi connectivity index (χ0n) is 14.7. The maximum absolute atomic E-state index is 13.0. The van der Waals surface area contributed by atoms with Crippen molar-refractivity contribution >= 4 is 17.5 Å². The fourth-order valence-electron chi connectivity index (χ4n) is 3.23. The summed E-state index contributed by atoms with van der Waals surface area (Å²) in [4.78, 5) is 33.3. The Kier molecular flexibility index (Phi) is 5.12. The molecule has 2 amide bonds. The van der Waals surface area contributed by atoms with Crippen LogP contribution in [0.1, 0.15) is 46.8 Å². The summed E-state index contributed by atoms with van der Waals surface area (Å²) in [6.45, 7) is 5.78. The monoisotopic (exact) mass is 337 g/mol. The lowest BCUT2D eigenvalue weighted by Gasteiger charge is -2.29. The normalized spacial score (nSPS) is 13.3. The maximum atomic E-state index is 13.0. The molecule has 0 fully saturated rings. The van der Waals surface area contributed by atoms with Gasteiger partial charge in [0, 0.05) is 25.3 Å². The smallest absolute Gasteiger partial charge is 0.276 e. The molecule has 130 valence electrons. The predicted molar refractivity (Wildman–Crippen MR) is 97.9 cm³/mol. The Bertz CT molecular complexity index is 784. The number of benzene rings is 1. The summed E-state index contributed by atoms with van der Waals surface area (Å²) < 4.78 is 0. The molecule has 0 unspecified atom stereocenters. The molecule has 1 aromatic carbocycles. The minimum atomic E-state index is -0.152. The molecule has 0 atom stereocenters. The van der Waals surface area contributed by atoms with E-state index in [1.165, 1.54) is 5.56 Å². The molecule has 5 nitrogen and oxygen atoms in total. The number of aryl methyl sites for hydroxylation is 1. The Morgan fingerprint density at radius 3 is 2.52 bits per heavy atom. The number of hydrogen-bond donors (Lipinski definition) is 0. The number of rotatable bonds is 4. The van der Waals surface area contributed by atoms with Gasteiger partial charge in [-0.3, -0.25) is 9.59 Å². The molecule has 2 aromatic rings. The van der Waals surface area contributed by atoms with Crippen LogP contribution in [0, 0.1) is 0 Å². The van der Waals surface area contributed by atoms with E-state index >= 15 is 0 Å². The second kappa shape index (κ2) is 7.47. The van der Waals surface area contributed by atoms with E-state index in [1.54, 1.807) is 28.0 Å². The summed E-state index contributed by atoms with van der Waals surface area (Å²) in [6.07, 6.45) is 1.91. The molecule has 0 bridgehead atoms. The van der Waals surface area contributed by atoms with E-state index in [4.69, 9.17) is 0 Å². The number of hydrogen-bond acceptors (Lipinski definition) is 3. The number of carbonyl (C=O) groups excluding carboxylic acids is 2. The maximum Gasteiger partial charge on any atom is 0.276 e.